The first-order valence-electron chi connectivity index (χ1n) is 5.36. The van der Waals surface area contributed by atoms with Gasteiger partial charge in [0, 0.05) is 6.20 Å². The van der Waals surface area contributed by atoms with Gasteiger partial charge in [-0.2, -0.15) is 4.98 Å². The fourth-order valence-electron chi connectivity index (χ4n) is 1.97. The summed E-state index contributed by atoms with van der Waals surface area (Å²) in [7, 11) is 0. The van der Waals surface area contributed by atoms with E-state index in [2.05, 4.69) is 4.98 Å². The number of aromatic nitrogens is 2. The van der Waals surface area contributed by atoms with Crippen molar-refractivity contribution >= 4 is 5.82 Å². The van der Waals surface area contributed by atoms with Crippen LogP contribution in [0.5, 0.6) is 0 Å². The quantitative estimate of drug-likeness (QED) is 0.615. The van der Waals surface area contributed by atoms with E-state index < -0.39 is 36.4 Å². The van der Waals surface area contributed by atoms with Crippen LogP contribution in [0.1, 0.15) is 13.2 Å². The van der Waals surface area contributed by atoms with Gasteiger partial charge in [0.15, 0.2) is 11.9 Å². The predicted octanol–water partition coefficient (Wildman–Crippen LogP) is -1.20. The monoisotopic (exact) mass is 259 g/mol. The Labute approximate surface area is 102 Å². The van der Waals surface area contributed by atoms with Crippen molar-refractivity contribution in [3.8, 4) is 0 Å². The lowest BCUT2D eigenvalue weighted by Gasteiger charge is -2.24. The molecule has 100 valence electrons. The number of hydrogen-bond acceptors (Lipinski definition) is 6. The standard InChI is InChI=1S/C10H14FN3O4/c1-10(11)7(16)5(4-15)18-8(10)14-3-2-6(12)13-9(14)17/h2-3,5,7-8,15-16H,4H2,1H3,(H2,12,13,17)/t5-,7-,8?,10-/m1/s1. The summed E-state index contributed by atoms with van der Waals surface area (Å²) in [5.74, 6) is 0.00839. The minimum Gasteiger partial charge on any atom is -0.394 e. The van der Waals surface area contributed by atoms with E-state index >= 15 is 0 Å². The van der Waals surface area contributed by atoms with Crippen molar-refractivity contribution in [2.24, 2.45) is 0 Å². The molecule has 4 N–H and O–H groups in total. The van der Waals surface area contributed by atoms with Gasteiger partial charge in [-0.15, -0.1) is 0 Å². The van der Waals surface area contributed by atoms with Crippen molar-refractivity contribution in [3.63, 3.8) is 0 Å². The van der Waals surface area contributed by atoms with Gasteiger partial charge in [0.1, 0.15) is 18.0 Å². The molecule has 0 radical (unpaired) electrons. The van der Waals surface area contributed by atoms with Crippen molar-refractivity contribution < 1.29 is 19.3 Å². The van der Waals surface area contributed by atoms with Crippen LogP contribution in [0.2, 0.25) is 0 Å². The van der Waals surface area contributed by atoms with E-state index in [4.69, 9.17) is 15.6 Å². The highest BCUT2D eigenvalue weighted by Crippen LogP contribution is 2.40. The molecule has 1 saturated heterocycles. The number of hydrogen-bond donors (Lipinski definition) is 3. The predicted molar refractivity (Wildman–Crippen MR) is 59.4 cm³/mol. The van der Waals surface area contributed by atoms with Crippen LogP contribution in [0.15, 0.2) is 17.1 Å². The van der Waals surface area contributed by atoms with Crippen LogP contribution in [-0.2, 0) is 4.74 Å². The zero-order chi connectivity index (χ0) is 13.5. The molecule has 0 spiro atoms. The third-order valence-corrected chi connectivity index (χ3v) is 3.00. The molecule has 1 aromatic heterocycles. The number of nitrogen functional groups attached to an aromatic ring is 1. The van der Waals surface area contributed by atoms with Crippen molar-refractivity contribution in [1.82, 2.24) is 9.55 Å². The second kappa shape index (κ2) is 4.30. The number of rotatable bonds is 2. The molecule has 4 atom stereocenters. The molecular formula is C10H14FN3O4. The minimum atomic E-state index is -2.21. The zero-order valence-electron chi connectivity index (χ0n) is 9.65. The molecule has 1 aliphatic rings. The normalized spacial score (nSPS) is 35.9. The van der Waals surface area contributed by atoms with E-state index in [0.29, 0.717) is 0 Å². The van der Waals surface area contributed by atoms with Crippen molar-refractivity contribution in [1.29, 1.82) is 0 Å². The third-order valence-electron chi connectivity index (χ3n) is 3.00. The van der Waals surface area contributed by atoms with Crippen molar-refractivity contribution in [2.45, 2.75) is 31.0 Å². The Morgan fingerprint density at radius 1 is 1.72 bits per heavy atom. The van der Waals surface area contributed by atoms with Crippen LogP contribution in [0.25, 0.3) is 0 Å². The number of halogens is 1. The number of nitrogens with two attached hydrogens (primary N) is 1. The smallest absolute Gasteiger partial charge is 0.351 e. The fraction of sp³-hybridized carbons (Fsp3) is 0.600. The third kappa shape index (κ3) is 1.88. The summed E-state index contributed by atoms with van der Waals surface area (Å²) in [6.07, 6.45) is -2.74. The van der Waals surface area contributed by atoms with Gasteiger partial charge in [-0.25, -0.2) is 9.18 Å². The van der Waals surface area contributed by atoms with Gasteiger partial charge in [0.05, 0.1) is 6.61 Å². The van der Waals surface area contributed by atoms with Gasteiger partial charge >= 0.3 is 5.69 Å². The molecule has 0 amide bonds. The molecule has 8 heteroatoms. The number of aliphatic hydroxyl groups excluding tert-OH is 2. The van der Waals surface area contributed by atoms with Crippen LogP contribution in [-0.4, -0.2) is 44.2 Å². The lowest BCUT2D eigenvalue weighted by molar-refractivity contribution is -0.0610. The maximum atomic E-state index is 14.4. The first-order valence-corrected chi connectivity index (χ1v) is 5.36. The molecule has 2 heterocycles. The number of ether oxygens (including phenoxy) is 1. The number of nitrogens with zero attached hydrogens (tertiary/aromatic N) is 2. The summed E-state index contributed by atoms with van der Waals surface area (Å²) < 4.78 is 20.4. The summed E-state index contributed by atoms with van der Waals surface area (Å²) in [6.45, 7) is 0.551. The Morgan fingerprint density at radius 2 is 2.39 bits per heavy atom. The highest BCUT2D eigenvalue weighted by atomic mass is 19.1. The molecule has 1 fully saturated rings. The van der Waals surface area contributed by atoms with Gasteiger partial charge in [0.25, 0.3) is 0 Å². The molecule has 1 aromatic rings. The van der Waals surface area contributed by atoms with E-state index in [9.17, 15) is 14.3 Å². The van der Waals surface area contributed by atoms with E-state index in [1.54, 1.807) is 0 Å². The molecule has 7 nitrogen and oxygen atoms in total. The highest BCUT2D eigenvalue weighted by Gasteiger charge is 2.55. The van der Waals surface area contributed by atoms with Crippen LogP contribution in [0.4, 0.5) is 10.2 Å². The van der Waals surface area contributed by atoms with Gasteiger partial charge in [-0.1, -0.05) is 0 Å². The molecule has 2 rings (SSSR count). The molecule has 0 saturated carbocycles. The van der Waals surface area contributed by atoms with Crippen molar-refractivity contribution in [3.05, 3.63) is 22.7 Å². The molecular weight excluding hydrogens is 245 g/mol. The van der Waals surface area contributed by atoms with Crippen molar-refractivity contribution in [2.75, 3.05) is 12.3 Å². The molecule has 18 heavy (non-hydrogen) atoms. The average molecular weight is 259 g/mol. The molecule has 0 aromatic carbocycles. The Hall–Kier alpha value is -1.51. The van der Waals surface area contributed by atoms with Gasteiger partial charge in [-0.05, 0) is 13.0 Å². The largest absolute Gasteiger partial charge is 0.394 e. The van der Waals surface area contributed by atoms with Gasteiger partial charge < -0.3 is 20.7 Å². The summed E-state index contributed by atoms with van der Waals surface area (Å²) in [5, 5.41) is 18.6. The van der Waals surface area contributed by atoms with Gasteiger partial charge in [0.2, 0.25) is 0 Å². The minimum absolute atomic E-state index is 0.00839. The second-order valence-corrected chi connectivity index (χ2v) is 4.35. The van der Waals surface area contributed by atoms with E-state index in [-0.39, 0.29) is 5.82 Å². The Morgan fingerprint density at radius 3 is 2.89 bits per heavy atom. The summed E-state index contributed by atoms with van der Waals surface area (Å²) in [4.78, 5) is 15.1. The lowest BCUT2D eigenvalue weighted by Crippen LogP contribution is -2.42. The Balaban J connectivity index is 2.42. The van der Waals surface area contributed by atoms with Crippen LogP contribution < -0.4 is 11.4 Å². The number of anilines is 1. The topological polar surface area (TPSA) is 111 Å². The molecule has 1 aliphatic heterocycles. The first kappa shape index (κ1) is 12.9. The summed E-state index contributed by atoms with van der Waals surface area (Å²) in [5.41, 5.74) is 2.33. The SMILES string of the molecule is C[C@]1(F)C(n2ccc(N)nc2=O)O[C@H](CO)[C@H]1O. The van der Waals surface area contributed by atoms with E-state index in [1.165, 1.54) is 12.3 Å². The maximum absolute atomic E-state index is 14.4. The molecule has 1 unspecified atom stereocenters. The second-order valence-electron chi connectivity index (χ2n) is 4.35. The van der Waals surface area contributed by atoms with Gasteiger partial charge in [-0.3, -0.25) is 4.57 Å². The van der Waals surface area contributed by atoms with Crippen LogP contribution in [0.3, 0.4) is 0 Å². The van der Waals surface area contributed by atoms with Crippen LogP contribution >= 0.6 is 0 Å². The molecule has 0 aliphatic carbocycles. The highest BCUT2D eigenvalue weighted by molar-refractivity contribution is 5.23. The fourth-order valence-corrected chi connectivity index (χ4v) is 1.97. The number of aliphatic hydroxyl groups is 2. The zero-order valence-corrected chi connectivity index (χ0v) is 9.65. The number of alkyl halides is 1. The van der Waals surface area contributed by atoms with Crippen LogP contribution in [0, 0.1) is 0 Å². The van der Waals surface area contributed by atoms with E-state index in [1.807, 2.05) is 0 Å². The Bertz CT molecular complexity index is 504. The first-order chi connectivity index (χ1) is 8.37. The molecule has 0 bridgehead atoms. The average Bonchev–Trinajstić information content (AvgIpc) is 2.52. The maximum Gasteiger partial charge on any atom is 0.351 e. The lowest BCUT2D eigenvalue weighted by atomic mass is 9.98. The Kier molecular flexibility index (Phi) is 3.09. The van der Waals surface area contributed by atoms with E-state index in [0.717, 1.165) is 11.5 Å². The summed E-state index contributed by atoms with van der Waals surface area (Å²) >= 11 is 0. The summed E-state index contributed by atoms with van der Waals surface area (Å²) in [6, 6.07) is 1.32.